The summed E-state index contributed by atoms with van der Waals surface area (Å²) >= 11 is 0. The average molecular weight is 575 g/mol. The quantitative estimate of drug-likeness (QED) is 0.179. The Kier molecular flexibility index (Phi) is 15.3. The number of methoxy groups -OCH3 is 1. The predicted molar refractivity (Wildman–Crippen MR) is 178 cm³/mol. The summed E-state index contributed by atoms with van der Waals surface area (Å²) in [5.74, 6) is 0.515. The summed E-state index contributed by atoms with van der Waals surface area (Å²) < 4.78 is 10.3. The molecule has 0 atom stereocenters. The summed E-state index contributed by atoms with van der Waals surface area (Å²) in [6, 6.07) is 21.1. The molecule has 230 valence electrons. The third-order valence-electron chi connectivity index (χ3n) is 6.86. The van der Waals surface area contributed by atoms with Gasteiger partial charge in [-0.05, 0) is 77.1 Å². The van der Waals surface area contributed by atoms with Crippen LogP contribution in [0.25, 0.3) is 11.1 Å². The number of aryl methyl sites for hydroxylation is 2. The van der Waals surface area contributed by atoms with Gasteiger partial charge in [-0.2, -0.15) is 0 Å². The van der Waals surface area contributed by atoms with Crippen molar-refractivity contribution >= 4 is 12.3 Å². The summed E-state index contributed by atoms with van der Waals surface area (Å²) in [5, 5.41) is 0. The molecular formula is C38H54O4. The van der Waals surface area contributed by atoms with Crippen molar-refractivity contribution in [2.24, 2.45) is 5.41 Å². The van der Waals surface area contributed by atoms with E-state index < -0.39 is 0 Å². The summed E-state index contributed by atoms with van der Waals surface area (Å²) in [7, 11) is 1.41. The van der Waals surface area contributed by atoms with Crippen LogP contribution in [0.1, 0.15) is 102 Å². The molecule has 0 N–H and O–H groups in total. The number of rotatable bonds is 10. The van der Waals surface area contributed by atoms with Gasteiger partial charge in [0.2, 0.25) is 0 Å². The summed E-state index contributed by atoms with van der Waals surface area (Å²) in [5.41, 5.74) is 8.44. The van der Waals surface area contributed by atoms with Crippen molar-refractivity contribution in [3.8, 4) is 16.9 Å². The smallest absolute Gasteiger partial charge is 0.309 e. The molecule has 3 rings (SSSR count). The van der Waals surface area contributed by atoms with Gasteiger partial charge in [0.15, 0.2) is 6.29 Å². The molecule has 4 heteroatoms. The molecule has 0 radical (unpaired) electrons. The lowest BCUT2D eigenvalue weighted by Crippen LogP contribution is -2.26. The lowest BCUT2D eigenvalue weighted by atomic mass is 9.69. The van der Waals surface area contributed by atoms with Crippen molar-refractivity contribution < 1.29 is 19.1 Å². The SMILES string of the molecule is CC(C)(C)C.CCC.CCC(CC)(c1ccc(OCC=O)c(C)c1)c1ccc(-c2ccc(CC(=O)OC)cc2)c(C)c1. The van der Waals surface area contributed by atoms with Crippen molar-refractivity contribution in [3.05, 3.63) is 88.5 Å². The van der Waals surface area contributed by atoms with E-state index in [1.807, 2.05) is 25.1 Å². The van der Waals surface area contributed by atoms with Gasteiger partial charge in [0.25, 0.3) is 0 Å². The Labute approximate surface area is 255 Å². The standard InChI is InChI=1S/C30H34O4.C5H12.C3H8/c1-6-30(7-2,26-13-15-28(22(4)19-26)34-17-16-31)25-12-14-27(21(3)18-25)24-10-8-23(9-11-24)20-29(32)33-5;1-5(2,3)4;1-3-2/h8-16,18-19H,6-7,17,20H2,1-5H3;1-4H3;3H2,1-2H3. The van der Waals surface area contributed by atoms with E-state index in [2.05, 4.69) is 105 Å². The van der Waals surface area contributed by atoms with Crippen LogP contribution in [0, 0.1) is 19.3 Å². The minimum absolute atomic E-state index is 0.0667. The molecule has 0 unspecified atom stereocenters. The molecule has 4 nitrogen and oxygen atoms in total. The molecule has 3 aromatic rings. The molecule has 0 bridgehead atoms. The Morgan fingerprint density at radius 2 is 1.29 bits per heavy atom. The summed E-state index contributed by atoms with van der Waals surface area (Å²) in [6.45, 7) is 21.7. The third kappa shape index (κ3) is 11.1. The van der Waals surface area contributed by atoms with Crippen molar-refractivity contribution in [2.75, 3.05) is 13.7 Å². The normalized spacial score (nSPS) is 10.9. The maximum Gasteiger partial charge on any atom is 0.309 e. The molecule has 0 aliphatic carbocycles. The second kappa shape index (κ2) is 17.5. The molecule has 0 saturated heterocycles. The first-order chi connectivity index (χ1) is 19.8. The average Bonchev–Trinajstić information content (AvgIpc) is 2.94. The van der Waals surface area contributed by atoms with Gasteiger partial charge in [0, 0.05) is 5.41 Å². The zero-order valence-corrected chi connectivity index (χ0v) is 28.0. The molecular weight excluding hydrogens is 520 g/mol. The summed E-state index contributed by atoms with van der Waals surface area (Å²) in [4.78, 5) is 22.2. The highest BCUT2D eigenvalue weighted by Crippen LogP contribution is 2.41. The zero-order chi connectivity index (χ0) is 31.9. The first-order valence-electron chi connectivity index (χ1n) is 15.2. The highest BCUT2D eigenvalue weighted by atomic mass is 16.5. The van der Waals surface area contributed by atoms with Crippen LogP contribution in [0.3, 0.4) is 0 Å². The van der Waals surface area contributed by atoms with E-state index in [4.69, 9.17) is 9.47 Å². The molecule has 0 aliphatic rings. The number of hydrogen-bond acceptors (Lipinski definition) is 4. The number of carbonyl (C=O) groups excluding carboxylic acids is 2. The topological polar surface area (TPSA) is 52.6 Å². The number of esters is 1. The van der Waals surface area contributed by atoms with E-state index in [-0.39, 0.29) is 24.4 Å². The maximum absolute atomic E-state index is 11.5. The fourth-order valence-electron chi connectivity index (χ4n) is 4.79. The minimum atomic E-state index is -0.234. The molecule has 0 spiro atoms. The molecule has 42 heavy (non-hydrogen) atoms. The van der Waals surface area contributed by atoms with Crippen LogP contribution < -0.4 is 4.74 Å². The molecule has 0 saturated carbocycles. The number of hydrogen-bond donors (Lipinski definition) is 0. The van der Waals surface area contributed by atoms with Gasteiger partial charge in [-0.1, -0.05) is 116 Å². The van der Waals surface area contributed by atoms with E-state index in [9.17, 15) is 9.59 Å². The Morgan fingerprint density at radius 1 is 0.786 bits per heavy atom. The number of benzene rings is 3. The van der Waals surface area contributed by atoms with Gasteiger partial charge in [-0.25, -0.2) is 0 Å². The Hall–Kier alpha value is -3.40. The Morgan fingerprint density at radius 3 is 1.71 bits per heavy atom. The molecule has 0 amide bonds. The predicted octanol–water partition coefficient (Wildman–Crippen LogP) is 9.84. The molecule has 3 aromatic carbocycles. The van der Waals surface area contributed by atoms with Gasteiger partial charge in [-0.15, -0.1) is 0 Å². The van der Waals surface area contributed by atoms with Crippen LogP contribution in [0.15, 0.2) is 60.7 Å². The van der Waals surface area contributed by atoms with Crippen LogP contribution >= 0.6 is 0 Å². The summed E-state index contributed by atoms with van der Waals surface area (Å²) in [6.07, 6.45) is 4.24. The van der Waals surface area contributed by atoms with E-state index in [1.165, 1.54) is 35.8 Å². The van der Waals surface area contributed by atoms with Gasteiger partial charge >= 0.3 is 5.97 Å². The van der Waals surface area contributed by atoms with Gasteiger partial charge in [0.1, 0.15) is 12.4 Å². The van der Waals surface area contributed by atoms with Gasteiger partial charge in [0.05, 0.1) is 13.5 Å². The lowest BCUT2D eigenvalue weighted by Gasteiger charge is -2.34. The van der Waals surface area contributed by atoms with Crippen molar-refractivity contribution in [1.29, 1.82) is 0 Å². The number of aldehydes is 1. The van der Waals surface area contributed by atoms with Crippen LogP contribution in [0.5, 0.6) is 5.75 Å². The van der Waals surface area contributed by atoms with Crippen molar-refractivity contribution in [1.82, 2.24) is 0 Å². The van der Waals surface area contributed by atoms with Crippen molar-refractivity contribution in [3.63, 3.8) is 0 Å². The van der Waals surface area contributed by atoms with E-state index >= 15 is 0 Å². The molecule has 0 fully saturated rings. The maximum atomic E-state index is 11.5. The second-order valence-corrected chi connectivity index (χ2v) is 12.4. The number of carbonyl (C=O) groups is 2. The van der Waals surface area contributed by atoms with Crippen molar-refractivity contribution in [2.45, 2.75) is 100 Å². The minimum Gasteiger partial charge on any atom is -0.486 e. The first-order valence-corrected chi connectivity index (χ1v) is 15.2. The molecule has 0 heterocycles. The van der Waals surface area contributed by atoms with Crippen LogP contribution in [-0.2, 0) is 26.2 Å². The third-order valence-corrected chi connectivity index (χ3v) is 6.86. The Bertz CT molecular complexity index is 1240. The van der Waals surface area contributed by atoms with Crippen LogP contribution in [-0.4, -0.2) is 26.0 Å². The highest BCUT2D eigenvalue weighted by Gasteiger charge is 2.31. The fraction of sp³-hybridized carbons (Fsp3) is 0.474. The van der Waals surface area contributed by atoms with E-state index in [0.29, 0.717) is 5.41 Å². The second-order valence-electron chi connectivity index (χ2n) is 12.4. The van der Waals surface area contributed by atoms with Gasteiger partial charge in [-0.3, -0.25) is 9.59 Å². The first kappa shape index (κ1) is 36.6. The Balaban J connectivity index is 0.000000978. The van der Waals surface area contributed by atoms with E-state index in [0.717, 1.165) is 41.6 Å². The highest BCUT2D eigenvalue weighted by molar-refractivity contribution is 5.73. The molecule has 0 aliphatic heterocycles. The molecule has 0 aromatic heterocycles. The largest absolute Gasteiger partial charge is 0.486 e. The fourth-order valence-corrected chi connectivity index (χ4v) is 4.79. The monoisotopic (exact) mass is 574 g/mol. The van der Waals surface area contributed by atoms with Crippen LogP contribution in [0.2, 0.25) is 0 Å². The van der Waals surface area contributed by atoms with Crippen LogP contribution in [0.4, 0.5) is 0 Å². The van der Waals surface area contributed by atoms with E-state index in [1.54, 1.807) is 0 Å². The van der Waals surface area contributed by atoms with Gasteiger partial charge < -0.3 is 9.47 Å². The number of ether oxygens (including phenoxy) is 2. The lowest BCUT2D eigenvalue weighted by molar-refractivity contribution is -0.139. The zero-order valence-electron chi connectivity index (χ0n) is 28.0.